The van der Waals surface area contributed by atoms with E-state index in [2.05, 4.69) is 0 Å². The Morgan fingerprint density at radius 3 is 2.54 bits per heavy atom. The Morgan fingerprint density at radius 2 is 1.96 bits per heavy atom. The third kappa shape index (κ3) is 3.16. The van der Waals surface area contributed by atoms with Crippen LogP contribution in [-0.2, 0) is 4.79 Å². The third-order valence-electron chi connectivity index (χ3n) is 5.56. The number of nitrogens with zero attached hydrogens (tertiary/aromatic N) is 2. The number of ether oxygens (including phenoxy) is 1. The van der Waals surface area contributed by atoms with Gasteiger partial charge in [-0.15, -0.1) is 0 Å². The Kier molecular flexibility index (Phi) is 5.17. The number of aliphatic hydroxyl groups is 1. The summed E-state index contributed by atoms with van der Waals surface area (Å²) in [7, 11) is 1.52. The van der Waals surface area contributed by atoms with Crippen molar-refractivity contribution in [2.75, 3.05) is 39.9 Å². The van der Waals surface area contributed by atoms with Gasteiger partial charge in [-0.1, -0.05) is 25.4 Å². The Balaban J connectivity index is 1.80. The lowest BCUT2D eigenvalue weighted by molar-refractivity contribution is -0.134. The van der Waals surface area contributed by atoms with Crippen LogP contribution in [-0.4, -0.2) is 66.6 Å². The van der Waals surface area contributed by atoms with Crippen molar-refractivity contribution in [3.05, 3.63) is 28.8 Å². The molecule has 2 aliphatic rings. The van der Waals surface area contributed by atoms with Crippen molar-refractivity contribution < 1.29 is 19.4 Å². The van der Waals surface area contributed by atoms with Crippen molar-refractivity contribution in [2.45, 2.75) is 13.8 Å². The predicted molar refractivity (Wildman–Crippen MR) is 98.3 cm³/mol. The number of halogens is 1. The Morgan fingerprint density at radius 1 is 1.31 bits per heavy atom. The molecule has 1 aromatic carbocycles. The molecule has 2 heterocycles. The molecule has 2 fully saturated rings. The molecule has 3 rings (SSSR count). The smallest absolute Gasteiger partial charge is 0.257 e. The minimum absolute atomic E-state index is 0.0456. The number of benzene rings is 1. The van der Waals surface area contributed by atoms with Gasteiger partial charge in [0.2, 0.25) is 5.91 Å². The van der Waals surface area contributed by atoms with Gasteiger partial charge in [0, 0.05) is 48.5 Å². The number of fused-ring (bicyclic) bond motifs is 1. The Bertz CT molecular complexity index is 723. The van der Waals surface area contributed by atoms with E-state index in [4.69, 9.17) is 16.3 Å². The van der Waals surface area contributed by atoms with E-state index in [0.717, 1.165) is 0 Å². The fourth-order valence-electron chi connectivity index (χ4n) is 4.11. The number of carbonyl (C=O) groups excluding carboxylic acids is 2. The first-order valence-corrected chi connectivity index (χ1v) is 9.21. The number of hydrogen-bond donors (Lipinski definition) is 1. The zero-order valence-corrected chi connectivity index (χ0v) is 16.1. The standard InChI is InChI=1S/C19H25ClN2O4/c1-12(2)17(24)21-7-13-8-22(10-19(13,9-21)11-23)18(25)15-6-14(20)4-5-16(15)26-3/h4-6,12-13,23H,7-11H2,1-3H3/t13-,19+/m1/s1. The molecular weight excluding hydrogens is 356 g/mol. The summed E-state index contributed by atoms with van der Waals surface area (Å²) in [5.41, 5.74) is -0.0328. The van der Waals surface area contributed by atoms with Crippen LogP contribution in [0.3, 0.4) is 0 Å². The highest BCUT2D eigenvalue weighted by Crippen LogP contribution is 2.43. The first-order valence-electron chi connectivity index (χ1n) is 8.84. The lowest BCUT2D eigenvalue weighted by Gasteiger charge is -2.28. The molecule has 2 aliphatic heterocycles. The van der Waals surface area contributed by atoms with Gasteiger partial charge in [0.25, 0.3) is 5.91 Å². The zero-order valence-electron chi connectivity index (χ0n) is 15.4. The number of aliphatic hydroxyl groups excluding tert-OH is 1. The van der Waals surface area contributed by atoms with Gasteiger partial charge in [0.15, 0.2) is 0 Å². The van der Waals surface area contributed by atoms with Gasteiger partial charge < -0.3 is 19.6 Å². The number of amides is 2. The van der Waals surface area contributed by atoms with E-state index < -0.39 is 5.41 Å². The van der Waals surface area contributed by atoms with Crippen LogP contribution in [0.5, 0.6) is 5.75 Å². The summed E-state index contributed by atoms with van der Waals surface area (Å²) < 4.78 is 5.29. The van der Waals surface area contributed by atoms with E-state index in [0.29, 0.717) is 42.5 Å². The molecule has 7 heteroatoms. The van der Waals surface area contributed by atoms with Crippen molar-refractivity contribution >= 4 is 23.4 Å². The first-order chi connectivity index (χ1) is 12.3. The highest BCUT2D eigenvalue weighted by molar-refractivity contribution is 6.31. The molecule has 6 nitrogen and oxygen atoms in total. The van der Waals surface area contributed by atoms with Crippen LogP contribution in [0.2, 0.25) is 5.02 Å². The normalized spacial score (nSPS) is 24.9. The highest BCUT2D eigenvalue weighted by atomic mass is 35.5. The van der Waals surface area contributed by atoms with E-state index in [1.54, 1.807) is 23.1 Å². The van der Waals surface area contributed by atoms with Crippen molar-refractivity contribution in [3.63, 3.8) is 0 Å². The molecule has 1 N–H and O–H groups in total. The summed E-state index contributed by atoms with van der Waals surface area (Å²) in [5.74, 6) is 0.420. The molecule has 0 aromatic heterocycles. The molecule has 0 spiro atoms. The number of hydrogen-bond acceptors (Lipinski definition) is 4. The molecule has 26 heavy (non-hydrogen) atoms. The predicted octanol–water partition coefficient (Wildman–Crippen LogP) is 1.90. The summed E-state index contributed by atoms with van der Waals surface area (Å²) in [6.07, 6.45) is 0. The minimum atomic E-state index is -0.452. The molecule has 0 radical (unpaired) electrons. The first kappa shape index (κ1) is 19.0. The van der Waals surface area contributed by atoms with E-state index >= 15 is 0 Å². The van der Waals surface area contributed by atoms with Crippen LogP contribution in [0, 0.1) is 17.3 Å². The maximum Gasteiger partial charge on any atom is 0.257 e. The lowest BCUT2D eigenvalue weighted by atomic mass is 9.82. The molecule has 0 aliphatic carbocycles. The van der Waals surface area contributed by atoms with Crippen LogP contribution in [0.15, 0.2) is 18.2 Å². The van der Waals surface area contributed by atoms with Gasteiger partial charge >= 0.3 is 0 Å². The summed E-state index contributed by atoms with van der Waals surface area (Å²) in [5, 5.41) is 10.5. The topological polar surface area (TPSA) is 70.1 Å². The number of methoxy groups -OCH3 is 1. The molecule has 142 valence electrons. The fraction of sp³-hybridized carbons (Fsp3) is 0.579. The third-order valence-corrected chi connectivity index (χ3v) is 5.79. The number of rotatable bonds is 4. The Labute approximate surface area is 158 Å². The zero-order chi connectivity index (χ0) is 19.1. The summed E-state index contributed by atoms with van der Waals surface area (Å²) in [6.45, 7) is 5.71. The Hall–Kier alpha value is -1.79. The van der Waals surface area contributed by atoms with E-state index in [-0.39, 0.29) is 30.3 Å². The summed E-state index contributed by atoms with van der Waals surface area (Å²) >= 11 is 6.05. The monoisotopic (exact) mass is 380 g/mol. The molecule has 2 atom stereocenters. The second-order valence-corrected chi connectivity index (χ2v) is 8.06. The van der Waals surface area contributed by atoms with Crippen molar-refractivity contribution in [3.8, 4) is 5.75 Å². The van der Waals surface area contributed by atoms with E-state index in [1.165, 1.54) is 7.11 Å². The minimum Gasteiger partial charge on any atom is -0.496 e. The summed E-state index contributed by atoms with van der Waals surface area (Å²) in [4.78, 5) is 28.9. The van der Waals surface area contributed by atoms with E-state index in [9.17, 15) is 14.7 Å². The van der Waals surface area contributed by atoms with Gasteiger partial charge in [0.1, 0.15) is 5.75 Å². The van der Waals surface area contributed by atoms with Gasteiger partial charge in [-0.3, -0.25) is 9.59 Å². The quantitative estimate of drug-likeness (QED) is 0.866. The maximum absolute atomic E-state index is 13.0. The van der Waals surface area contributed by atoms with Crippen molar-refractivity contribution in [1.29, 1.82) is 0 Å². The second kappa shape index (κ2) is 7.08. The summed E-state index contributed by atoms with van der Waals surface area (Å²) in [6, 6.07) is 4.97. The highest BCUT2D eigenvalue weighted by Gasteiger charge is 2.54. The number of carbonyl (C=O) groups is 2. The average Bonchev–Trinajstić information content (AvgIpc) is 3.14. The lowest BCUT2D eigenvalue weighted by Crippen LogP contribution is -2.41. The number of likely N-dealkylation sites (tertiary alicyclic amines) is 2. The average molecular weight is 381 g/mol. The van der Waals surface area contributed by atoms with Crippen LogP contribution < -0.4 is 4.74 Å². The molecular formula is C19H25ClN2O4. The second-order valence-electron chi connectivity index (χ2n) is 7.62. The molecule has 0 bridgehead atoms. The van der Waals surface area contributed by atoms with Gasteiger partial charge in [0.05, 0.1) is 19.3 Å². The molecule has 2 amide bonds. The van der Waals surface area contributed by atoms with Crippen LogP contribution in [0.4, 0.5) is 0 Å². The van der Waals surface area contributed by atoms with Gasteiger partial charge in [-0.25, -0.2) is 0 Å². The van der Waals surface area contributed by atoms with E-state index in [1.807, 2.05) is 18.7 Å². The molecule has 1 aromatic rings. The van der Waals surface area contributed by atoms with Crippen molar-refractivity contribution in [2.24, 2.45) is 17.3 Å². The van der Waals surface area contributed by atoms with Gasteiger partial charge in [-0.2, -0.15) is 0 Å². The van der Waals surface area contributed by atoms with Crippen LogP contribution in [0.25, 0.3) is 0 Å². The molecule has 0 unspecified atom stereocenters. The van der Waals surface area contributed by atoms with Crippen LogP contribution >= 0.6 is 11.6 Å². The van der Waals surface area contributed by atoms with Crippen molar-refractivity contribution in [1.82, 2.24) is 9.80 Å². The van der Waals surface area contributed by atoms with Gasteiger partial charge in [-0.05, 0) is 18.2 Å². The largest absolute Gasteiger partial charge is 0.496 e. The van der Waals surface area contributed by atoms with Crippen LogP contribution in [0.1, 0.15) is 24.2 Å². The SMILES string of the molecule is COc1ccc(Cl)cc1C(=O)N1C[C@H]2CN(C(=O)C(C)C)C[C@@]2(CO)C1. The maximum atomic E-state index is 13.0. The molecule has 2 saturated heterocycles. The molecule has 0 saturated carbocycles. The fourth-order valence-corrected chi connectivity index (χ4v) is 4.28.